The topological polar surface area (TPSA) is 41.3 Å². The summed E-state index contributed by atoms with van der Waals surface area (Å²) in [6.07, 6.45) is 2.00. The van der Waals surface area contributed by atoms with E-state index in [-0.39, 0.29) is 35.5 Å². The summed E-state index contributed by atoms with van der Waals surface area (Å²) in [5.74, 6) is -0.116. The van der Waals surface area contributed by atoms with Crippen LogP contribution in [-0.4, -0.2) is 11.8 Å². The second-order valence-corrected chi connectivity index (χ2v) is 9.16. The van der Waals surface area contributed by atoms with E-state index in [0.717, 1.165) is 19.4 Å². The largest absolute Gasteiger partial charge is 0.274 e. The van der Waals surface area contributed by atoms with Crippen molar-refractivity contribution in [3.63, 3.8) is 0 Å². The van der Waals surface area contributed by atoms with E-state index in [1.165, 1.54) is 21.0 Å². The highest BCUT2D eigenvalue weighted by Gasteiger charge is 2.63. The zero-order chi connectivity index (χ0) is 19.5. The number of rotatable bonds is 3. The first-order valence-corrected chi connectivity index (χ1v) is 11.1. The molecule has 1 saturated carbocycles. The molecule has 2 aromatic carbocycles. The van der Waals surface area contributed by atoms with Crippen molar-refractivity contribution in [2.75, 3.05) is 4.90 Å². The first-order chi connectivity index (χ1) is 14.2. The van der Waals surface area contributed by atoms with Crippen molar-refractivity contribution in [2.45, 2.75) is 31.2 Å². The number of amides is 2. The molecule has 29 heavy (non-hydrogen) atoms. The van der Waals surface area contributed by atoms with Gasteiger partial charge in [-0.3, -0.25) is 14.5 Å². The van der Waals surface area contributed by atoms with Crippen LogP contribution in [0.25, 0.3) is 0 Å². The summed E-state index contributed by atoms with van der Waals surface area (Å²) in [6, 6.07) is 19.8. The van der Waals surface area contributed by atoms with Crippen LogP contribution < -0.4 is 9.47 Å². The van der Waals surface area contributed by atoms with Gasteiger partial charge < -0.3 is 0 Å². The number of carbonyl (C=O) groups is 2. The maximum absolute atomic E-state index is 13.4. The zero-order valence-electron chi connectivity index (χ0n) is 15.9. The summed E-state index contributed by atoms with van der Waals surface area (Å²) in [4.78, 5) is 29.6. The molecule has 5 heteroatoms. The fraction of sp³-hybridized carbons (Fsp3) is 0.292. The SMILES string of the molecule is O=C1C2C3CCC(c4c3sc[n+]4Cc3ccccc3)C2C(=O)N1c1ccccc1. The number of hydrogen-bond acceptors (Lipinski definition) is 3. The van der Waals surface area contributed by atoms with E-state index in [9.17, 15) is 9.59 Å². The Labute approximate surface area is 173 Å². The summed E-state index contributed by atoms with van der Waals surface area (Å²) in [7, 11) is 0. The van der Waals surface area contributed by atoms with Crippen LogP contribution in [-0.2, 0) is 16.1 Å². The van der Waals surface area contributed by atoms with E-state index in [1.54, 1.807) is 11.3 Å². The average molecular weight is 402 g/mol. The minimum atomic E-state index is -0.217. The van der Waals surface area contributed by atoms with Gasteiger partial charge in [-0.2, -0.15) is 4.57 Å². The number of carbonyl (C=O) groups excluding carboxylic acids is 2. The number of para-hydroxylation sites is 1. The lowest BCUT2D eigenvalue weighted by Gasteiger charge is -2.39. The van der Waals surface area contributed by atoms with Gasteiger partial charge in [-0.25, -0.2) is 0 Å². The van der Waals surface area contributed by atoms with Crippen molar-refractivity contribution in [1.82, 2.24) is 0 Å². The van der Waals surface area contributed by atoms with Crippen LogP contribution in [0.5, 0.6) is 0 Å². The predicted octanol–water partition coefficient (Wildman–Crippen LogP) is 3.86. The summed E-state index contributed by atoms with van der Waals surface area (Å²) < 4.78 is 2.32. The van der Waals surface area contributed by atoms with Gasteiger partial charge in [-0.1, -0.05) is 59.9 Å². The molecule has 144 valence electrons. The molecule has 4 aliphatic rings. The van der Waals surface area contributed by atoms with Crippen LogP contribution in [0.15, 0.2) is 66.2 Å². The quantitative estimate of drug-likeness (QED) is 0.494. The van der Waals surface area contributed by atoms with E-state index in [1.807, 2.05) is 36.4 Å². The maximum atomic E-state index is 13.4. The molecule has 4 unspecified atom stereocenters. The Morgan fingerprint density at radius 3 is 2.21 bits per heavy atom. The molecule has 3 aromatic rings. The maximum Gasteiger partial charge on any atom is 0.238 e. The predicted molar refractivity (Wildman–Crippen MR) is 111 cm³/mol. The van der Waals surface area contributed by atoms with Crippen LogP contribution in [0.3, 0.4) is 0 Å². The lowest BCUT2D eigenvalue weighted by atomic mass is 9.61. The van der Waals surface area contributed by atoms with E-state index in [2.05, 4.69) is 34.3 Å². The molecule has 0 spiro atoms. The Morgan fingerprint density at radius 1 is 0.862 bits per heavy atom. The molecule has 0 N–H and O–H groups in total. The molecule has 1 saturated heterocycles. The number of nitrogens with zero attached hydrogens (tertiary/aromatic N) is 2. The third kappa shape index (κ3) is 2.40. The van der Waals surface area contributed by atoms with Gasteiger partial charge >= 0.3 is 0 Å². The van der Waals surface area contributed by atoms with Crippen LogP contribution in [0.4, 0.5) is 5.69 Å². The molecular weight excluding hydrogens is 380 g/mol. The third-order valence-electron chi connectivity index (χ3n) is 6.82. The number of hydrogen-bond donors (Lipinski definition) is 0. The van der Waals surface area contributed by atoms with E-state index in [4.69, 9.17) is 0 Å². The number of fused-ring (bicyclic) bond motifs is 1. The molecule has 2 amide bonds. The van der Waals surface area contributed by atoms with Gasteiger partial charge in [0.05, 0.1) is 28.3 Å². The Bertz CT molecular complexity index is 1110. The average Bonchev–Trinajstić information content (AvgIpc) is 3.31. The highest BCUT2D eigenvalue weighted by atomic mass is 32.1. The van der Waals surface area contributed by atoms with Gasteiger partial charge in [-0.15, -0.1) is 0 Å². The van der Waals surface area contributed by atoms with Crippen molar-refractivity contribution < 1.29 is 14.2 Å². The van der Waals surface area contributed by atoms with Gasteiger partial charge in [-0.05, 0) is 25.0 Å². The lowest BCUT2D eigenvalue weighted by Crippen LogP contribution is -2.47. The van der Waals surface area contributed by atoms with Gasteiger partial charge in [0.15, 0.2) is 12.2 Å². The Hall–Kier alpha value is -2.79. The molecule has 2 fully saturated rings. The molecular formula is C24H21N2O2S+. The number of thiazole rings is 1. The standard InChI is InChI=1S/C24H21N2O2S/c27-23-19-17-11-12-18(20(19)24(28)26(23)16-9-5-2-6-10-16)22-21(17)25(14-29-22)13-15-7-3-1-4-8-15/h1-10,14,17-20H,11-13H2/q+1. The van der Waals surface area contributed by atoms with Crippen molar-refractivity contribution in [3.8, 4) is 0 Å². The molecule has 7 rings (SSSR count). The van der Waals surface area contributed by atoms with Crippen molar-refractivity contribution in [2.24, 2.45) is 11.8 Å². The zero-order valence-corrected chi connectivity index (χ0v) is 16.7. The lowest BCUT2D eigenvalue weighted by molar-refractivity contribution is -0.693. The Kier molecular flexibility index (Phi) is 3.75. The van der Waals surface area contributed by atoms with Gasteiger partial charge in [0.25, 0.3) is 0 Å². The normalized spacial score (nSPS) is 27.2. The first-order valence-electron chi connectivity index (χ1n) is 10.2. The molecule has 1 aromatic heterocycles. The first kappa shape index (κ1) is 17.1. The Morgan fingerprint density at radius 2 is 1.48 bits per heavy atom. The molecule has 4 atom stereocenters. The van der Waals surface area contributed by atoms with Crippen molar-refractivity contribution in [3.05, 3.63) is 82.3 Å². The minimum Gasteiger partial charge on any atom is -0.274 e. The summed E-state index contributed by atoms with van der Waals surface area (Å²) in [6.45, 7) is 0.817. The van der Waals surface area contributed by atoms with Gasteiger partial charge in [0, 0.05) is 11.5 Å². The van der Waals surface area contributed by atoms with Crippen LogP contribution in [0.1, 0.15) is 40.8 Å². The fourth-order valence-corrected chi connectivity index (χ4v) is 6.92. The fourth-order valence-electron chi connectivity index (χ4n) is 5.66. The molecule has 2 bridgehead atoms. The second kappa shape index (κ2) is 6.36. The summed E-state index contributed by atoms with van der Waals surface area (Å²) >= 11 is 1.76. The molecule has 3 aliphatic carbocycles. The second-order valence-electron chi connectivity index (χ2n) is 8.28. The minimum absolute atomic E-state index is 0.00504. The van der Waals surface area contributed by atoms with E-state index < -0.39 is 0 Å². The highest BCUT2D eigenvalue weighted by Crippen LogP contribution is 2.59. The third-order valence-corrected chi connectivity index (χ3v) is 7.95. The van der Waals surface area contributed by atoms with E-state index >= 15 is 0 Å². The van der Waals surface area contributed by atoms with Gasteiger partial charge in [0.2, 0.25) is 17.3 Å². The number of imide groups is 1. The molecule has 0 radical (unpaired) electrons. The van der Waals surface area contributed by atoms with E-state index in [0.29, 0.717) is 5.69 Å². The van der Waals surface area contributed by atoms with Gasteiger partial charge in [0.1, 0.15) is 0 Å². The molecule has 2 heterocycles. The van der Waals surface area contributed by atoms with Crippen LogP contribution >= 0.6 is 11.3 Å². The summed E-state index contributed by atoms with van der Waals surface area (Å²) in [5, 5.41) is 0. The number of benzene rings is 2. The van der Waals surface area contributed by atoms with Crippen LogP contribution in [0, 0.1) is 11.8 Å². The molecule has 1 aliphatic heterocycles. The number of anilines is 1. The molecule has 4 nitrogen and oxygen atoms in total. The highest BCUT2D eigenvalue weighted by molar-refractivity contribution is 7.09. The van der Waals surface area contributed by atoms with Crippen molar-refractivity contribution >= 4 is 28.8 Å². The summed E-state index contributed by atoms with van der Waals surface area (Å²) in [5.41, 5.74) is 5.45. The monoisotopic (exact) mass is 401 g/mol. The van der Waals surface area contributed by atoms with Crippen LogP contribution in [0.2, 0.25) is 0 Å². The number of aromatic nitrogens is 1. The van der Waals surface area contributed by atoms with Crippen molar-refractivity contribution in [1.29, 1.82) is 0 Å². The smallest absolute Gasteiger partial charge is 0.238 e. The Balaban J connectivity index is 1.41.